The molecule has 0 amide bonds. The number of fused-ring (bicyclic) bond motifs is 1. The van der Waals surface area contributed by atoms with Crippen molar-refractivity contribution in [2.75, 3.05) is 0 Å². The van der Waals surface area contributed by atoms with Crippen molar-refractivity contribution in [2.45, 2.75) is 26.6 Å². The molecule has 0 spiro atoms. The summed E-state index contributed by atoms with van der Waals surface area (Å²) in [6, 6.07) is 7.80. The number of para-hydroxylation sites is 2. The molecule has 1 aromatic carbocycles. The van der Waals surface area contributed by atoms with Crippen molar-refractivity contribution in [3.63, 3.8) is 0 Å². The van der Waals surface area contributed by atoms with Crippen LogP contribution in [0.15, 0.2) is 24.3 Å². The van der Waals surface area contributed by atoms with Crippen molar-refractivity contribution in [1.29, 1.82) is 0 Å². The summed E-state index contributed by atoms with van der Waals surface area (Å²) in [5.74, 6) is 2.33. The Morgan fingerprint density at radius 3 is 2.15 bits per heavy atom. The first kappa shape index (κ1) is 8.42. The normalized spacial score (nSPS) is 15.3. The van der Waals surface area contributed by atoms with Crippen LogP contribution in [0.3, 0.4) is 0 Å². The van der Waals surface area contributed by atoms with Gasteiger partial charge in [-0.2, -0.15) is 0 Å². The Balaban J connectivity index is 2.05. The molecule has 0 unspecified atom stereocenters. The fraction of sp³-hybridized carbons (Fsp3) is 0.455. The van der Waals surface area contributed by atoms with Crippen molar-refractivity contribution in [3.05, 3.63) is 24.3 Å². The minimum Gasteiger partial charge on any atom is -0.451 e. The Morgan fingerprint density at radius 1 is 1.15 bits per heavy atom. The summed E-state index contributed by atoms with van der Waals surface area (Å²) >= 11 is 0. The molecular formula is C11H14O2. The average Bonchev–Trinajstić information content (AvgIpc) is 2.44. The van der Waals surface area contributed by atoms with Gasteiger partial charge in [0.2, 0.25) is 6.29 Å². The first-order chi connectivity index (χ1) is 6.25. The molecular weight excluding hydrogens is 164 g/mol. The largest absolute Gasteiger partial charge is 0.451 e. The highest BCUT2D eigenvalue weighted by atomic mass is 16.7. The molecule has 0 aromatic heterocycles. The Bertz CT molecular complexity index is 269. The Morgan fingerprint density at radius 2 is 1.69 bits per heavy atom. The summed E-state index contributed by atoms with van der Waals surface area (Å²) in [7, 11) is 0. The Hall–Kier alpha value is -1.18. The number of benzene rings is 1. The quantitative estimate of drug-likeness (QED) is 0.693. The SMILES string of the molecule is CC(C)CC1Oc2ccccc2O1. The van der Waals surface area contributed by atoms with Crippen LogP contribution in [-0.4, -0.2) is 6.29 Å². The number of hydrogen-bond donors (Lipinski definition) is 0. The minimum absolute atomic E-state index is 0.0857. The van der Waals surface area contributed by atoms with E-state index in [1.54, 1.807) is 0 Å². The number of hydrogen-bond acceptors (Lipinski definition) is 2. The Kier molecular flexibility index (Phi) is 2.13. The van der Waals surface area contributed by atoms with Gasteiger partial charge >= 0.3 is 0 Å². The van der Waals surface area contributed by atoms with E-state index >= 15 is 0 Å². The first-order valence-electron chi connectivity index (χ1n) is 4.68. The summed E-state index contributed by atoms with van der Waals surface area (Å²) < 4.78 is 11.2. The smallest absolute Gasteiger partial charge is 0.241 e. The fourth-order valence-electron chi connectivity index (χ4n) is 1.43. The van der Waals surface area contributed by atoms with Gasteiger partial charge in [0.1, 0.15) is 0 Å². The van der Waals surface area contributed by atoms with Crippen LogP contribution >= 0.6 is 0 Å². The van der Waals surface area contributed by atoms with Crippen molar-refractivity contribution in [3.8, 4) is 11.5 Å². The highest BCUT2D eigenvalue weighted by Crippen LogP contribution is 2.35. The van der Waals surface area contributed by atoms with Crippen LogP contribution in [0.4, 0.5) is 0 Å². The standard InChI is InChI=1S/C11H14O2/c1-8(2)7-11-12-9-5-3-4-6-10(9)13-11/h3-6,8,11H,7H2,1-2H3. The molecule has 0 saturated heterocycles. The van der Waals surface area contributed by atoms with Gasteiger partial charge in [0.25, 0.3) is 0 Å². The van der Waals surface area contributed by atoms with E-state index in [1.165, 1.54) is 0 Å². The Labute approximate surface area is 78.5 Å². The summed E-state index contributed by atoms with van der Waals surface area (Å²) in [4.78, 5) is 0. The van der Waals surface area contributed by atoms with E-state index in [0.29, 0.717) is 5.92 Å². The average molecular weight is 178 g/mol. The lowest BCUT2D eigenvalue weighted by Gasteiger charge is -2.11. The van der Waals surface area contributed by atoms with Crippen LogP contribution in [0.25, 0.3) is 0 Å². The van der Waals surface area contributed by atoms with Crippen LogP contribution < -0.4 is 9.47 Å². The molecule has 1 aromatic rings. The van der Waals surface area contributed by atoms with E-state index in [-0.39, 0.29) is 6.29 Å². The van der Waals surface area contributed by atoms with Crippen LogP contribution in [0.1, 0.15) is 20.3 Å². The third-order valence-corrected chi connectivity index (χ3v) is 2.03. The third kappa shape index (κ3) is 1.77. The van der Waals surface area contributed by atoms with Gasteiger partial charge in [-0.15, -0.1) is 0 Å². The number of ether oxygens (including phenoxy) is 2. The first-order valence-corrected chi connectivity index (χ1v) is 4.68. The van der Waals surface area contributed by atoms with Gasteiger partial charge in [0.05, 0.1) is 0 Å². The molecule has 2 heteroatoms. The van der Waals surface area contributed by atoms with E-state index in [9.17, 15) is 0 Å². The molecule has 1 aliphatic heterocycles. The van der Waals surface area contributed by atoms with Crippen LogP contribution in [-0.2, 0) is 0 Å². The van der Waals surface area contributed by atoms with E-state index in [4.69, 9.17) is 9.47 Å². The fourth-order valence-corrected chi connectivity index (χ4v) is 1.43. The molecule has 1 aliphatic rings. The lowest BCUT2D eigenvalue weighted by molar-refractivity contribution is 0.0311. The maximum absolute atomic E-state index is 5.60. The third-order valence-electron chi connectivity index (χ3n) is 2.03. The molecule has 0 N–H and O–H groups in total. The van der Waals surface area contributed by atoms with E-state index in [0.717, 1.165) is 17.9 Å². The second-order valence-electron chi connectivity index (χ2n) is 3.74. The van der Waals surface area contributed by atoms with Crippen molar-refractivity contribution in [1.82, 2.24) is 0 Å². The second kappa shape index (κ2) is 3.29. The second-order valence-corrected chi connectivity index (χ2v) is 3.74. The summed E-state index contributed by atoms with van der Waals surface area (Å²) in [6.45, 7) is 4.32. The van der Waals surface area contributed by atoms with Crippen LogP contribution in [0.5, 0.6) is 11.5 Å². The van der Waals surface area contributed by atoms with Crippen molar-refractivity contribution < 1.29 is 9.47 Å². The van der Waals surface area contributed by atoms with Gasteiger partial charge in [-0.3, -0.25) is 0 Å². The van der Waals surface area contributed by atoms with Gasteiger partial charge in [0.15, 0.2) is 11.5 Å². The number of rotatable bonds is 2. The molecule has 2 nitrogen and oxygen atoms in total. The zero-order valence-electron chi connectivity index (χ0n) is 7.99. The summed E-state index contributed by atoms with van der Waals surface area (Å²) in [6.07, 6.45) is 0.853. The molecule has 0 atom stereocenters. The van der Waals surface area contributed by atoms with Crippen LogP contribution in [0, 0.1) is 5.92 Å². The lowest BCUT2D eigenvalue weighted by Crippen LogP contribution is -2.19. The predicted molar refractivity (Wildman–Crippen MR) is 50.9 cm³/mol. The highest BCUT2D eigenvalue weighted by Gasteiger charge is 2.23. The zero-order valence-corrected chi connectivity index (χ0v) is 7.99. The molecule has 1 heterocycles. The zero-order chi connectivity index (χ0) is 9.26. The molecule has 2 rings (SSSR count). The molecule has 70 valence electrons. The topological polar surface area (TPSA) is 18.5 Å². The van der Waals surface area contributed by atoms with Crippen molar-refractivity contribution in [2.24, 2.45) is 5.92 Å². The van der Waals surface area contributed by atoms with Crippen molar-refractivity contribution >= 4 is 0 Å². The summed E-state index contributed by atoms with van der Waals surface area (Å²) in [5.41, 5.74) is 0. The maximum Gasteiger partial charge on any atom is 0.241 e. The lowest BCUT2D eigenvalue weighted by atomic mass is 10.1. The molecule has 0 saturated carbocycles. The molecule has 0 radical (unpaired) electrons. The molecule has 0 aliphatic carbocycles. The maximum atomic E-state index is 5.60. The monoisotopic (exact) mass is 178 g/mol. The van der Waals surface area contributed by atoms with Gasteiger partial charge in [-0.05, 0) is 18.1 Å². The minimum atomic E-state index is -0.0857. The van der Waals surface area contributed by atoms with Crippen LogP contribution in [0.2, 0.25) is 0 Å². The van der Waals surface area contributed by atoms with Gasteiger partial charge in [-0.1, -0.05) is 26.0 Å². The van der Waals surface area contributed by atoms with Gasteiger partial charge in [-0.25, -0.2) is 0 Å². The molecule has 0 fully saturated rings. The molecule has 0 bridgehead atoms. The van der Waals surface area contributed by atoms with E-state index in [2.05, 4.69) is 13.8 Å². The highest BCUT2D eigenvalue weighted by molar-refractivity contribution is 5.41. The molecule has 13 heavy (non-hydrogen) atoms. The van der Waals surface area contributed by atoms with E-state index < -0.39 is 0 Å². The van der Waals surface area contributed by atoms with Gasteiger partial charge in [0, 0.05) is 6.42 Å². The summed E-state index contributed by atoms with van der Waals surface area (Å²) in [5, 5.41) is 0. The predicted octanol–water partition coefficient (Wildman–Crippen LogP) is 2.83. The van der Waals surface area contributed by atoms with E-state index in [1.807, 2.05) is 24.3 Å². The van der Waals surface area contributed by atoms with Gasteiger partial charge < -0.3 is 9.47 Å².